The van der Waals surface area contributed by atoms with Gasteiger partial charge in [0.25, 0.3) is 0 Å². The summed E-state index contributed by atoms with van der Waals surface area (Å²) in [6.45, 7) is 0.950. The van der Waals surface area contributed by atoms with Crippen LogP contribution >= 0.6 is 0 Å². The predicted molar refractivity (Wildman–Crippen MR) is 97.0 cm³/mol. The first kappa shape index (κ1) is 19.1. The Bertz CT molecular complexity index is 954. The quantitative estimate of drug-likeness (QED) is 0.712. The smallest absolute Gasteiger partial charge is 0.356 e. The highest BCUT2D eigenvalue weighted by Gasteiger charge is 2.28. The normalized spacial score (nSPS) is 16.3. The van der Waals surface area contributed by atoms with Crippen LogP contribution in [-0.2, 0) is 21.4 Å². The molecule has 1 aliphatic rings. The minimum absolute atomic E-state index is 0.0504. The highest BCUT2D eigenvalue weighted by Crippen LogP contribution is 2.14. The third kappa shape index (κ3) is 4.72. The Kier molecular flexibility index (Phi) is 5.57. The summed E-state index contributed by atoms with van der Waals surface area (Å²) in [4.78, 5) is 22.9. The summed E-state index contributed by atoms with van der Waals surface area (Å²) in [7, 11) is -3.19. The van der Waals surface area contributed by atoms with Crippen LogP contribution < -0.4 is 5.32 Å². The number of rotatable bonds is 7. The lowest BCUT2D eigenvalue weighted by Crippen LogP contribution is -2.31. The largest absolute Gasteiger partial charge is 0.476 e. The van der Waals surface area contributed by atoms with Gasteiger partial charge in [0.05, 0.1) is 11.4 Å². The van der Waals surface area contributed by atoms with Crippen LogP contribution in [0.4, 0.5) is 0 Å². The van der Waals surface area contributed by atoms with Gasteiger partial charge in [0.15, 0.2) is 5.69 Å². The van der Waals surface area contributed by atoms with Crippen molar-refractivity contribution in [3.05, 3.63) is 47.8 Å². The number of carboxylic acids is 1. The van der Waals surface area contributed by atoms with Gasteiger partial charge in [-0.2, -0.15) is 5.10 Å². The lowest BCUT2D eigenvalue weighted by atomic mass is 10.2. The first-order valence-corrected chi connectivity index (χ1v) is 10.1. The first-order valence-electron chi connectivity index (χ1n) is 8.48. The monoisotopic (exact) mass is 392 g/mol. The Morgan fingerprint density at radius 1 is 1.26 bits per heavy atom. The number of nitrogens with zero attached hydrogens (tertiary/aromatic N) is 3. The maximum atomic E-state index is 12.0. The van der Waals surface area contributed by atoms with Crippen LogP contribution in [-0.4, -0.2) is 58.3 Å². The highest BCUT2D eigenvalue weighted by molar-refractivity contribution is 7.89. The van der Waals surface area contributed by atoms with E-state index in [-0.39, 0.29) is 36.9 Å². The fourth-order valence-electron chi connectivity index (χ4n) is 2.85. The van der Waals surface area contributed by atoms with Crippen LogP contribution in [0.5, 0.6) is 0 Å². The van der Waals surface area contributed by atoms with Gasteiger partial charge >= 0.3 is 5.97 Å². The van der Waals surface area contributed by atoms with E-state index < -0.39 is 16.0 Å². The Morgan fingerprint density at radius 2 is 2.07 bits per heavy atom. The van der Waals surface area contributed by atoms with E-state index in [0.29, 0.717) is 18.7 Å². The fraction of sp³-hybridized carbons (Fsp3) is 0.353. The molecule has 27 heavy (non-hydrogen) atoms. The third-order valence-electron chi connectivity index (χ3n) is 4.26. The molecule has 9 nitrogen and oxygen atoms in total. The molecule has 1 saturated heterocycles. The van der Waals surface area contributed by atoms with E-state index in [1.165, 1.54) is 15.1 Å². The number of hydrogen-bond acceptors (Lipinski definition) is 5. The number of carboxylic acid groups (broad SMARTS) is 1. The molecule has 1 amide bonds. The molecule has 144 valence electrons. The molecular formula is C17H20N4O5S. The molecule has 0 bridgehead atoms. The van der Waals surface area contributed by atoms with Crippen molar-refractivity contribution in [2.24, 2.45) is 0 Å². The zero-order chi connectivity index (χ0) is 19.4. The second-order valence-corrected chi connectivity index (χ2v) is 8.30. The molecule has 1 fully saturated rings. The van der Waals surface area contributed by atoms with Gasteiger partial charge in [-0.05, 0) is 30.2 Å². The van der Waals surface area contributed by atoms with Crippen molar-refractivity contribution in [2.75, 3.05) is 18.8 Å². The lowest BCUT2D eigenvalue weighted by Gasteiger charge is -2.14. The zero-order valence-corrected chi connectivity index (χ0v) is 15.4. The van der Waals surface area contributed by atoms with Gasteiger partial charge in [-0.3, -0.25) is 4.79 Å². The number of carbonyl (C=O) groups excluding carboxylic acids is 1. The molecule has 3 rings (SSSR count). The van der Waals surface area contributed by atoms with Crippen LogP contribution in [0.1, 0.15) is 28.9 Å². The number of amides is 1. The van der Waals surface area contributed by atoms with E-state index in [1.54, 1.807) is 24.4 Å². The first-order chi connectivity index (χ1) is 12.8. The molecule has 0 aliphatic carbocycles. The maximum Gasteiger partial charge on any atom is 0.356 e. The summed E-state index contributed by atoms with van der Waals surface area (Å²) in [6, 6.07) is 8.60. The molecule has 1 aliphatic heterocycles. The summed E-state index contributed by atoms with van der Waals surface area (Å²) in [6.07, 6.45) is 2.27. The van der Waals surface area contributed by atoms with E-state index >= 15 is 0 Å². The van der Waals surface area contributed by atoms with E-state index in [4.69, 9.17) is 5.11 Å². The zero-order valence-electron chi connectivity index (χ0n) is 14.5. The molecule has 1 aromatic heterocycles. The number of aromatic carboxylic acids is 1. The van der Waals surface area contributed by atoms with E-state index in [0.717, 1.165) is 5.56 Å². The maximum absolute atomic E-state index is 12.0. The standard InChI is InChI=1S/C17H20N4O5S/c22-16(6-8-20-7-2-10-27(20,25)26)18-12-13-3-1-4-14(11-13)21-9-5-15(19-21)17(23)24/h1,3-5,9,11H,2,6-8,10,12H2,(H,18,22)(H,23,24). The van der Waals surface area contributed by atoms with Gasteiger partial charge in [0, 0.05) is 32.3 Å². The van der Waals surface area contributed by atoms with Crippen molar-refractivity contribution >= 4 is 21.9 Å². The molecule has 0 saturated carbocycles. The van der Waals surface area contributed by atoms with Crippen molar-refractivity contribution < 1.29 is 23.1 Å². The third-order valence-corrected chi connectivity index (χ3v) is 6.22. The van der Waals surface area contributed by atoms with E-state index in [9.17, 15) is 18.0 Å². The molecule has 2 aromatic rings. The molecule has 0 unspecified atom stereocenters. The molecule has 10 heteroatoms. The van der Waals surface area contributed by atoms with Crippen molar-refractivity contribution in [3.63, 3.8) is 0 Å². The Morgan fingerprint density at radius 3 is 2.74 bits per heavy atom. The summed E-state index contributed by atoms with van der Waals surface area (Å²) in [5.41, 5.74) is 1.45. The van der Waals surface area contributed by atoms with E-state index in [2.05, 4.69) is 10.4 Å². The van der Waals surface area contributed by atoms with Crippen molar-refractivity contribution in [1.29, 1.82) is 0 Å². The molecular weight excluding hydrogens is 372 g/mol. The van der Waals surface area contributed by atoms with E-state index in [1.807, 2.05) is 6.07 Å². The van der Waals surface area contributed by atoms with Crippen LogP contribution in [0.25, 0.3) is 5.69 Å². The van der Waals surface area contributed by atoms with Gasteiger partial charge in [-0.1, -0.05) is 12.1 Å². The molecule has 2 heterocycles. The van der Waals surface area contributed by atoms with Crippen LogP contribution in [0.3, 0.4) is 0 Å². The summed E-state index contributed by atoms with van der Waals surface area (Å²) < 4.78 is 26.2. The predicted octanol–water partition coefficient (Wildman–Crippen LogP) is 0.612. The number of hydrogen-bond donors (Lipinski definition) is 2. The Hall–Kier alpha value is -2.72. The van der Waals surface area contributed by atoms with Gasteiger partial charge in [0.1, 0.15) is 0 Å². The second kappa shape index (κ2) is 7.89. The SMILES string of the molecule is O=C(CCN1CCCS1(=O)=O)NCc1cccc(-n2ccc(C(=O)O)n2)c1. The highest BCUT2D eigenvalue weighted by atomic mass is 32.2. The fourth-order valence-corrected chi connectivity index (χ4v) is 4.38. The Labute approximate surface area is 156 Å². The minimum atomic E-state index is -3.19. The Balaban J connectivity index is 1.55. The number of sulfonamides is 1. The van der Waals surface area contributed by atoms with Crippen molar-refractivity contribution in [3.8, 4) is 5.69 Å². The number of nitrogens with one attached hydrogen (secondary N) is 1. The number of aromatic nitrogens is 2. The van der Waals surface area contributed by atoms with Crippen molar-refractivity contribution in [2.45, 2.75) is 19.4 Å². The topological polar surface area (TPSA) is 122 Å². The van der Waals surface area contributed by atoms with Gasteiger partial charge in [-0.25, -0.2) is 22.2 Å². The van der Waals surface area contributed by atoms with Crippen LogP contribution in [0.15, 0.2) is 36.5 Å². The summed E-state index contributed by atoms with van der Waals surface area (Å²) in [5.74, 6) is -1.18. The van der Waals surface area contributed by atoms with Gasteiger partial charge in [-0.15, -0.1) is 0 Å². The van der Waals surface area contributed by atoms with Crippen LogP contribution in [0, 0.1) is 0 Å². The lowest BCUT2D eigenvalue weighted by molar-refractivity contribution is -0.121. The molecule has 0 radical (unpaired) electrons. The summed E-state index contributed by atoms with van der Waals surface area (Å²) in [5, 5.41) is 15.7. The number of carbonyl (C=O) groups is 2. The van der Waals surface area contributed by atoms with Crippen molar-refractivity contribution in [1.82, 2.24) is 19.4 Å². The molecule has 0 spiro atoms. The van der Waals surface area contributed by atoms with Gasteiger partial charge in [0.2, 0.25) is 15.9 Å². The summed E-state index contributed by atoms with van der Waals surface area (Å²) >= 11 is 0. The number of benzene rings is 1. The average Bonchev–Trinajstić information content (AvgIpc) is 3.25. The minimum Gasteiger partial charge on any atom is -0.476 e. The molecule has 1 aromatic carbocycles. The van der Waals surface area contributed by atoms with Crippen LogP contribution in [0.2, 0.25) is 0 Å². The van der Waals surface area contributed by atoms with Gasteiger partial charge < -0.3 is 10.4 Å². The average molecular weight is 392 g/mol. The second-order valence-electron chi connectivity index (χ2n) is 6.22. The molecule has 2 N–H and O–H groups in total. The molecule has 0 atom stereocenters.